The van der Waals surface area contributed by atoms with Gasteiger partial charge in [-0.05, 0) is 24.3 Å². The van der Waals surface area contributed by atoms with Crippen LogP contribution in [0.25, 0.3) is 15.9 Å². The summed E-state index contributed by atoms with van der Waals surface area (Å²) in [4.78, 5) is 32.9. The van der Waals surface area contributed by atoms with Gasteiger partial charge in [-0.15, -0.1) is 21.5 Å². The van der Waals surface area contributed by atoms with Gasteiger partial charge in [-0.3, -0.25) is 19.1 Å². The molecule has 0 unspecified atom stereocenters. The third-order valence-corrected chi connectivity index (χ3v) is 7.48. The van der Waals surface area contributed by atoms with Crippen molar-refractivity contribution in [2.24, 2.45) is 4.99 Å². The van der Waals surface area contributed by atoms with E-state index in [1.54, 1.807) is 12.1 Å². The van der Waals surface area contributed by atoms with Crippen molar-refractivity contribution in [1.29, 1.82) is 0 Å². The first-order valence-corrected chi connectivity index (χ1v) is 12.6. The summed E-state index contributed by atoms with van der Waals surface area (Å²) in [6, 6.07) is 18.7. The first-order valence-electron chi connectivity index (χ1n) is 11.4. The van der Waals surface area contributed by atoms with Crippen molar-refractivity contribution in [3.05, 3.63) is 99.0 Å². The largest absolute Gasteiger partial charge is 0.481 e. The van der Waals surface area contributed by atoms with Gasteiger partial charge in [0.05, 0.1) is 18.7 Å². The minimum atomic E-state index is -0.928. The van der Waals surface area contributed by atoms with Crippen LogP contribution in [-0.2, 0) is 24.3 Å². The van der Waals surface area contributed by atoms with E-state index >= 15 is 0 Å². The molecule has 9 nitrogen and oxygen atoms in total. The van der Waals surface area contributed by atoms with Crippen LogP contribution in [0.5, 0.6) is 0 Å². The quantitative estimate of drug-likeness (QED) is 0.300. The number of aliphatic carboxylic acids is 1. The zero-order chi connectivity index (χ0) is 25.5. The fourth-order valence-electron chi connectivity index (χ4n) is 4.38. The minimum Gasteiger partial charge on any atom is -0.481 e. The molecular formula is C26H19ClN6O3S. The SMILES string of the molecule is O=C(O)Cc1cc2c(s1)-n1c(nnc1CNC(=O)c1cc3ccccc3[nH]1)CN=C2c1ccccc1Cl. The van der Waals surface area contributed by atoms with Gasteiger partial charge in [0.1, 0.15) is 17.2 Å². The number of halogens is 1. The third-order valence-electron chi connectivity index (χ3n) is 6.03. The number of carbonyl (C=O) groups excluding carboxylic acids is 1. The van der Waals surface area contributed by atoms with E-state index in [1.165, 1.54) is 11.3 Å². The Morgan fingerprint density at radius 1 is 1.08 bits per heavy atom. The monoisotopic (exact) mass is 530 g/mol. The molecule has 3 aromatic heterocycles. The smallest absolute Gasteiger partial charge is 0.308 e. The standard InChI is InChI=1S/C26H19ClN6O3S/c27-18-7-3-2-6-16(18)24-17-10-15(11-23(34)35)37-26(17)33-21(12-28-24)31-32-22(33)13-29-25(36)20-9-14-5-1-4-8-19(14)30-20/h1-10,30H,11-13H2,(H,29,36)(H,34,35). The number of para-hydroxylation sites is 1. The lowest BCUT2D eigenvalue weighted by Gasteiger charge is -2.10. The molecule has 0 aliphatic carbocycles. The zero-order valence-corrected chi connectivity index (χ0v) is 20.8. The molecule has 1 aliphatic rings. The van der Waals surface area contributed by atoms with Crippen LogP contribution in [0.15, 0.2) is 65.7 Å². The maximum Gasteiger partial charge on any atom is 0.308 e. The molecule has 4 heterocycles. The van der Waals surface area contributed by atoms with Crippen LogP contribution in [0.3, 0.4) is 0 Å². The van der Waals surface area contributed by atoms with E-state index in [-0.39, 0.29) is 25.4 Å². The Balaban J connectivity index is 1.36. The molecule has 0 saturated carbocycles. The van der Waals surface area contributed by atoms with E-state index in [2.05, 4.69) is 20.5 Å². The third kappa shape index (κ3) is 4.30. The zero-order valence-electron chi connectivity index (χ0n) is 19.2. The van der Waals surface area contributed by atoms with Crippen molar-refractivity contribution >= 4 is 51.4 Å². The molecule has 0 spiro atoms. The highest BCUT2D eigenvalue weighted by Gasteiger charge is 2.27. The average Bonchev–Trinajstić information content (AvgIpc) is 3.58. The number of nitrogens with one attached hydrogen (secondary N) is 2. The lowest BCUT2D eigenvalue weighted by atomic mass is 10.0. The molecular weight excluding hydrogens is 512 g/mol. The summed E-state index contributed by atoms with van der Waals surface area (Å²) in [6.07, 6.45) is -0.128. The molecule has 1 amide bonds. The Bertz CT molecular complexity index is 1680. The number of rotatable bonds is 6. The van der Waals surface area contributed by atoms with Crippen LogP contribution in [0.2, 0.25) is 5.02 Å². The molecule has 6 rings (SSSR count). The molecule has 0 saturated heterocycles. The number of hydrogen-bond donors (Lipinski definition) is 3. The van der Waals surface area contributed by atoms with Crippen LogP contribution in [0, 0.1) is 0 Å². The van der Waals surface area contributed by atoms with Crippen LogP contribution >= 0.6 is 22.9 Å². The Morgan fingerprint density at radius 2 is 1.89 bits per heavy atom. The van der Waals surface area contributed by atoms with Crippen LogP contribution < -0.4 is 5.32 Å². The number of fused-ring (bicyclic) bond motifs is 4. The second-order valence-corrected chi connectivity index (χ2v) is 9.99. The fraction of sp³-hybridized carbons (Fsp3) is 0.115. The van der Waals surface area contributed by atoms with Gasteiger partial charge in [-0.1, -0.05) is 48.0 Å². The van der Waals surface area contributed by atoms with E-state index in [4.69, 9.17) is 16.6 Å². The highest BCUT2D eigenvalue weighted by molar-refractivity contribution is 7.15. The first-order chi connectivity index (χ1) is 18.0. The van der Waals surface area contributed by atoms with Crippen molar-refractivity contribution in [2.75, 3.05) is 0 Å². The molecule has 0 radical (unpaired) electrons. The maximum atomic E-state index is 12.9. The molecule has 37 heavy (non-hydrogen) atoms. The molecule has 3 N–H and O–H groups in total. The van der Waals surface area contributed by atoms with Gasteiger partial charge in [0.25, 0.3) is 5.91 Å². The van der Waals surface area contributed by atoms with Crippen molar-refractivity contribution < 1.29 is 14.7 Å². The maximum absolute atomic E-state index is 12.9. The topological polar surface area (TPSA) is 125 Å². The van der Waals surface area contributed by atoms with E-state index < -0.39 is 5.97 Å². The van der Waals surface area contributed by atoms with E-state index in [0.29, 0.717) is 33.0 Å². The minimum absolute atomic E-state index is 0.119. The fourth-order valence-corrected chi connectivity index (χ4v) is 5.79. The first kappa shape index (κ1) is 23.1. The number of thiophene rings is 1. The van der Waals surface area contributed by atoms with Crippen molar-refractivity contribution in [1.82, 2.24) is 25.1 Å². The lowest BCUT2D eigenvalue weighted by molar-refractivity contribution is -0.136. The number of carboxylic acid groups (broad SMARTS) is 1. The number of H-pyrrole nitrogens is 1. The Labute approximate surface area is 219 Å². The van der Waals surface area contributed by atoms with Crippen molar-refractivity contribution in [3.8, 4) is 5.00 Å². The highest BCUT2D eigenvalue weighted by atomic mass is 35.5. The Hall–Kier alpha value is -4.28. The molecule has 2 aromatic carbocycles. The van der Waals surface area contributed by atoms with E-state index in [9.17, 15) is 14.7 Å². The molecule has 5 aromatic rings. The van der Waals surface area contributed by atoms with E-state index in [1.807, 2.05) is 53.1 Å². The number of nitrogens with zero attached hydrogens (tertiary/aromatic N) is 4. The van der Waals surface area contributed by atoms with Crippen molar-refractivity contribution in [2.45, 2.75) is 19.5 Å². The number of carbonyl (C=O) groups is 2. The summed E-state index contributed by atoms with van der Waals surface area (Å²) in [5, 5.41) is 23.2. The molecule has 1 aliphatic heterocycles. The number of hydrogen-bond acceptors (Lipinski definition) is 6. The average molecular weight is 531 g/mol. The predicted octanol–water partition coefficient (Wildman–Crippen LogP) is 4.37. The Kier molecular flexibility index (Phi) is 5.82. The Morgan fingerprint density at radius 3 is 2.70 bits per heavy atom. The number of carboxylic acids is 1. The normalized spacial score (nSPS) is 12.5. The van der Waals surface area contributed by atoms with Crippen molar-refractivity contribution in [3.63, 3.8) is 0 Å². The van der Waals surface area contributed by atoms with Crippen LogP contribution in [0.1, 0.15) is 38.1 Å². The van der Waals surface area contributed by atoms with Gasteiger partial charge < -0.3 is 15.4 Å². The molecule has 11 heteroatoms. The van der Waals surface area contributed by atoms with Gasteiger partial charge in [-0.25, -0.2) is 0 Å². The molecule has 184 valence electrons. The summed E-state index contributed by atoms with van der Waals surface area (Å²) < 4.78 is 1.85. The van der Waals surface area contributed by atoms with E-state index in [0.717, 1.165) is 27.0 Å². The second kappa shape index (κ2) is 9.30. The number of amides is 1. The highest BCUT2D eigenvalue weighted by Crippen LogP contribution is 2.34. The number of aromatic amines is 1. The second-order valence-electron chi connectivity index (χ2n) is 8.47. The van der Waals surface area contributed by atoms with Gasteiger partial charge in [0.15, 0.2) is 11.6 Å². The number of aromatic nitrogens is 4. The lowest BCUT2D eigenvalue weighted by Crippen LogP contribution is -2.25. The summed E-state index contributed by atoms with van der Waals surface area (Å²) in [6.45, 7) is 0.368. The summed E-state index contributed by atoms with van der Waals surface area (Å²) in [5.41, 5.74) is 3.48. The summed E-state index contributed by atoms with van der Waals surface area (Å²) in [7, 11) is 0. The van der Waals surface area contributed by atoms with Gasteiger partial charge in [0, 0.05) is 31.9 Å². The predicted molar refractivity (Wildman–Crippen MR) is 141 cm³/mol. The summed E-state index contributed by atoms with van der Waals surface area (Å²) in [5.74, 6) is -0.0995. The van der Waals surface area contributed by atoms with Gasteiger partial charge in [-0.2, -0.15) is 0 Å². The number of benzene rings is 2. The van der Waals surface area contributed by atoms with Crippen LogP contribution in [-0.4, -0.2) is 42.4 Å². The van der Waals surface area contributed by atoms with Gasteiger partial charge >= 0.3 is 5.97 Å². The van der Waals surface area contributed by atoms with Crippen LogP contribution in [0.4, 0.5) is 0 Å². The van der Waals surface area contributed by atoms with Gasteiger partial charge in [0.2, 0.25) is 0 Å². The number of aliphatic imine (C=N–C) groups is 1. The molecule has 0 bridgehead atoms. The summed E-state index contributed by atoms with van der Waals surface area (Å²) >= 11 is 7.84. The molecule has 0 atom stereocenters. The molecule has 0 fully saturated rings.